The Kier molecular flexibility index (Phi) is 9.93. The highest BCUT2D eigenvalue weighted by molar-refractivity contribution is 6.74. The van der Waals surface area contributed by atoms with Gasteiger partial charge < -0.3 is 24.7 Å². The van der Waals surface area contributed by atoms with Crippen LogP contribution in [0.25, 0.3) is 0 Å². The highest BCUT2D eigenvalue weighted by atomic mass is 28.4. The third kappa shape index (κ3) is 7.66. The number of rotatable bonds is 12. The van der Waals surface area contributed by atoms with Crippen LogP contribution in [0.5, 0.6) is 0 Å². The number of ether oxygens (including phenoxy) is 1. The van der Waals surface area contributed by atoms with Gasteiger partial charge >= 0.3 is 0 Å². The number of anilines is 3. The topological polar surface area (TPSA) is 101 Å². The van der Waals surface area contributed by atoms with E-state index in [-0.39, 0.29) is 10.9 Å². The van der Waals surface area contributed by atoms with Gasteiger partial charge in [-0.2, -0.15) is 15.2 Å². The van der Waals surface area contributed by atoms with Gasteiger partial charge in [0, 0.05) is 26.2 Å². The van der Waals surface area contributed by atoms with E-state index in [9.17, 15) is 5.26 Å². The molecule has 3 rings (SSSR count). The number of nitrogens with zero attached hydrogens (tertiary/aromatic N) is 5. The van der Waals surface area contributed by atoms with Crippen molar-refractivity contribution in [1.29, 1.82) is 5.26 Å². The van der Waals surface area contributed by atoms with E-state index in [4.69, 9.17) is 14.9 Å². The lowest BCUT2D eigenvalue weighted by Crippen LogP contribution is -2.43. The van der Waals surface area contributed by atoms with Crippen LogP contribution in [0.15, 0.2) is 30.3 Å². The average Bonchev–Trinajstić information content (AvgIpc) is 3.40. The Balaban J connectivity index is 1.81. The molecule has 1 aromatic heterocycles. The van der Waals surface area contributed by atoms with E-state index in [2.05, 4.69) is 71.8 Å². The number of nitriles is 1. The van der Waals surface area contributed by atoms with Crippen molar-refractivity contribution in [3.63, 3.8) is 0 Å². The molecule has 0 saturated heterocycles. The van der Waals surface area contributed by atoms with Crippen LogP contribution in [0.3, 0.4) is 0 Å². The summed E-state index contributed by atoms with van der Waals surface area (Å²) in [4.78, 5) is 13.3. The molecule has 2 N–H and O–H groups in total. The lowest BCUT2D eigenvalue weighted by Gasteiger charge is -2.37. The minimum Gasteiger partial charge on any atom is -0.415 e. The molecule has 9 heteroatoms. The maximum absolute atomic E-state index is 9.72. The molecule has 1 saturated carbocycles. The molecule has 0 aliphatic heterocycles. The van der Waals surface area contributed by atoms with Crippen molar-refractivity contribution < 1.29 is 9.16 Å². The first kappa shape index (κ1) is 28.9. The molecular weight excluding hydrogens is 480 g/mol. The predicted octanol–water partition coefficient (Wildman–Crippen LogP) is 5.35. The zero-order chi connectivity index (χ0) is 27.1. The molecular formula is C28H44N6O2Si. The SMILES string of the molecule is CN(c1nc(C#N)nc(N(CCOCc2ccccc2)CCO[Si](C)(C)C(C)(C)C)c1N)C1CCCC1. The van der Waals surface area contributed by atoms with Gasteiger partial charge in [-0.1, -0.05) is 63.9 Å². The monoisotopic (exact) mass is 524 g/mol. The van der Waals surface area contributed by atoms with Crippen molar-refractivity contribution in [1.82, 2.24) is 9.97 Å². The Morgan fingerprint density at radius 2 is 1.68 bits per heavy atom. The van der Waals surface area contributed by atoms with Crippen LogP contribution < -0.4 is 15.5 Å². The summed E-state index contributed by atoms with van der Waals surface area (Å²) in [5, 5.41) is 9.84. The van der Waals surface area contributed by atoms with Gasteiger partial charge in [-0.25, -0.2) is 0 Å². The number of benzene rings is 1. The summed E-state index contributed by atoms with van der Waals surface area (Å²) < 4.78 is 12.5. The van der Waals surface area contributed by atoms with Crippen molar-refractivity contribution in [2.45, 2.75) is 77.2 Å². The molecule has 1 aliphatic rings. The van der Waals surface area contributed by atoms with Gasteiger partial charge in [0.15, 0.2) is 20.0 Å². The van der Waals surface area contributed by atoms with Crippen molar-refractivity contribution in [2.24, 2.45) is 0 Å². The second-order valence-corrected chi connectivity index (χ2v) is 16.2. The number of nitrogen functional groups attached to an aromatic ring is 1. The summed E-state index contributed by atoms with van der Waals surface area (Å²) in [5.74, 6) is 1.34. The number of hydrogen-bond acceptors (Lipinski definition) is 8. The van der Waals surface area contributed by atoms with Crippen molar-refractivity contribution >= 4 is 25.6 Å². The summed E-state index contributed by atoms with van der Waals surface area (Å²) in [5.41, 5.74) is 8.34. The number of aromatic nitrogens is 2. The first-order chi connectivity index (χ1) is 17.5. The van der Waals surface area contributed by atoms with E-state index in [0.29, 0.717) is 56.3 Å². The standard InChI is InChI=1S/C28H44N6O2Si/c1-28(2,3)37(5,6)36-19-17-34(16-18-35-21-22-12-8-7-9-13-22)27-25(30)26(31-24(20-29)32-27)33(4)23-14-10-11-15-23/h7-9,12-13,23H,10-11,14-19,21,30H2,1-6H3. The van der Waals surface area contributed by atoms with E-state index in [0.717, 1.165) is 18.4 Å². The van der Waals surface area contributed by atoms with Gasteiger partial charge in [0.1, 0.15) is 11.8 Å². The van der Waals surface area contributed by atoms with Crippen LogP contribution in [-0.2, 0) is 15.8 Å². The van der Waals surface area contributed by atoms with E-state index in [1.807, 2.05) is 25.2 Å². The molecule has 0 spiro atoms. The fraction of sp³-hybridized carbons (Fsp3) is 0.607. The van der Waals surface area contributed by atoms with Crippen LogP contribution in [0, 0.1) is 11.3 Å². The van der Waals surface area contributed by atoms with Crippen molar-refractivity contribution in [3.8, 4) is 6.07 Å². The van der Waals surface area contributed by atoms with Crippen molar-refractivity contribution in [3.05, 3.63) is 41.7 Å². The molecule has 0 bridgehead atoms. The van der Waals surface area contributed by atoms with Crippen LogP contribution in [0.4, 0.5) is 17.3 Å². The van der Waals surface area contributed by atoms with E-state index in [1.165, 1.54) is 12.8 Å². The van der Waals surface area contributed by atoms with Crippen molar-refractivity contribution in [2.75, 3.05) is 48.9 Å². The third-order valence-electron chi connectivity index (χ3n) is 7.76. The minimum atomic E-state index is -1.92. The Bertz CT molecular complexity index is 1050. The van der Waals surface area contributed by atoms with E-state index < -0.39 is 8.32 Å². The lowest BCUT2D eigenvalue weighted by molar-refractivity contribution is 0.126. The Labute approximate surface area is 223 Å². The van der Waals surface area contributed by atoms with Crippen LogP contribution in [-0.4, -0.2) is 57.7 Å². The maximum atomic E-state index is 9.72. The fourth-order valence-electron chi connectivity index (χ4n) is 4.36. The molecule has 202 valence electrons. The van der Waals surface area contributed by atoms with Gasteiger partial charge in [0.2, 0.25) is 5.82 Å². The molecule has 1 aliphatic carbocycles. The van der Waals surface area contributed by atoms with Gasteiger partial charge in [0.25, 0.3) is 0 Å². The smallest absolute Gasteiger partial charge is 0.236 e. The first-order valence-electron chi connectivity index (χ1n) is 13.3. The first-order valence-corrected chi connectivity index (χ1v) is 16.3. The quantitative estimate of drug-likeness (QED) is 0.293. The summed E-state index contributed by atoms with van der Waals surface area (Å²) in [6.45, 7) is 14.0. The average molecular weight is 525 g/mol. The lowest BCUT2D eigenvalue weighted by atomic mass is 10.2. The van der Waals surface area contributed by atoms with Gasteiger partial charge in [-0.05, 0) is 36.5 Å². The van der Waals surface area contributed by atoms with Crippen LogP contribution in [0.1, 0.15) is 57.8 Å². The zero-order valence-corrected chi connectivity index (χ0v) is 24.5. The Morgan fingerprint density at radius 3 is 2.30 bits per heavy atom. The second-order valence-electron chi connectivity index (χ2n) is 11.4. The number of hydrogen-bond donors (Lipinski definition) is 1. The molecule has 8 nitrogen and oxygen atoms in total. The highest BCUT2D eigenvalue weighted by Gasteiger charge is 2.37. The summed E-state index contributed by atoms with van der Waals surface area (Å²) in [6, 6.07) is 12.6. The second kappa shape index (κ2) is 12.7. The van der Waals surface area contributed by atoms with Gasteiger partial charge in [-0.15, -0.1) is 0 Å². The third-order valence-corrected chi connectivity index (χ3v) is 12.3. The molecule has 1 fully saturated rings. The minimum absolute atomic E-state index is 0.121. The molecule has 0 amide bonds. The van der Waals surface area contributed by atoms with Gasteiger partial charge in [0.05, 0.1) is 19.8 Å². The normalized spacial score (nSPS) is 14.5. The van der Waals surface area contributed by atoms with Gasteiger partial charge in [-0.3, -0.25) is 0 Å². The molecule has 1 heterocycles. The molecule has 1 aromatic carbocycles. The summed E-state index contributed by atoms with van der Waals surface area (Å²) in [7, 11) is 0.106. The largest absolute Gasteiger partial charge is 0.415 e. The zero-order valence-electron chi connectivity index (χ0n) is 23.5. The maximum Gasteiger partial charge on any atom is 0.236 e. The summed E-state index contributed by atoms with van der Waals surface area (Å²) >= 11 is 0. The fourth-order valence-corrected chi connectivity index (χ4v) is 5.40. The Hall–Kier alpha value is -2.67. The highest BCUT2D eigenvalue weighted by Crippen LogP contribution is 2.37. The van der Waals surface area contributed by atoms with E-state index in [1.54, 1.807) is 0 Å². The summed E-state index contributed by atoms with van der Waals surface area (Å²) in [6.07, 6.45) is 4.62. The number of nitrogens with two attached hydrogens (primary N) is 1. The Morgan fingerprint density at radius 1 is 1.05 bits per heavy atom. The molecule has 0 radical (unpaired) electrons. The molecule has 0 atom stereocenters. The predicted molar refractivity (Wildman–Crippen MR) is 153 cm³/mol. The molecule has 0 unspecified atom stereocenters. The van der Waals surface area contributed by atoms with E-state index >= 15 is 0 Å². The van der Waals surface area contributed by atoms with Crippen LogP contribution >= 0.6 is 0 Å². The molecule has 37 heavy (non-hydrogen) atoms. The molecule has 2 aromatic rings. The van der Waals surface area contributed by atoms with Crippen LogP contribution in [0.2, 0.25) is 18.1 Å².